The molecule has 1 N–H and O–H groups in total. The van der Waals surface area contributed by atoms with Crippen molar-refractivity contribution >= 4 is 0 Å². The summed E-state index contributed by atoms with van der Waals surface area (Å²) < 4.78 is 11.6. The van der Waals surface area contributed by atoms with Crippen LogP contribution in [-0.4, -0.2) is 18.7 Å². The zero-order valence-electron chi connectivity index (χ0n) is 10.7. The third-order valence-corrected chi connectivity index (χ3v) is 3.26. The van der Waals surface area contributed by atoms with E-state index >= 15 is 0 Å². The lowest BCUT2D eigenvalue weighted by Gasteiger charge is -2.38. The molecule has 1 aliphatic rings. The van der Waals surface area contributed by atoms with Crippen LogP contribution in [-0.2, 0) is 0 Å². The number of benzene rings is 1. The molecule has 3 rings (SSSR count). The fourth-order valence-corrected chi connectivity index (χ4v) is 2.04. The van der Waals surface area contributed by atoms with Crippen LogP contribution in [0.5, 0.6) is 5.95 Å². The Morgan fingerprint density at radius 1 is 1.11 bits per heavy atom. The number of nitrogens with one attached hydrogen (secondary N) is 1. The highest BCUT2D eigenvalue weighted by atomic mass is 16.6. The van der Waals surface area contributed by atoms with Gasteiger partial charge in [-0.25, -0.2) is 0 Å². The van der Waals surface area contributed by atoms with Crippen LogP contribution in [0.15, 0.2) is 40.8 Å². The highest BCUT2D eigenvalue weighted by Gasteiger charge is 2.34. The highest BCUT2D eigenvalue weighted by molar-refractivity contribution is 5.58. The van der Waals surface area contributed by atoms with E-state index in [0.29, 0.717) is 5.95 Å². The Morgan fingerprint density at radius 2 is 1.83 bits per heavy atom. The van der Waals surface area contributed by atoms with E-state index in [0.717, 1.165) is 24.4 Å². The van der Waals surface area contributed by atoms with Gasteiger partial charge in [0.15, 0.2) is 0 Å². The Balaban J connectivity index is 1.78. The fourth-order valence-electron chi connectivity index (χ4n) is 2.04. The van der Waals surface area contributed by atoms with Crippen molar-refractivity contribution in [1.82, 2.24) is 5.32 Å². The fraction of sp³-hybridized carbons (Fsp3) is 0.333. The Morgan fingerprint density at radius 3 is 2.44 bits per heavy atom. The van der Waals surface area contributed by atoms with Crippen molar-refractivity contribution in [2.24, 2.45) is 0 Å². The smallest absolute Gasteiger partial charge is 0.285 e. The number of rotatable bonds is 3. The molecule has 0 amide bonds. The molecule has 1 saturated heterocycles. The molecule has 0 aliphatic carbocycles. The molecule has 94 valence electrons. The number of hydrogen-bond donors (Lipinski definition) is 1. The van der Waals surface area contributed by atoms with Gasteiger partial charge in [-0.15, -0.1) is 0 Å². The monoisotopic (exact) mass is 243 g/mol. The maximum absolute atomic E-state index is 5.83. The van der Waals surface area contributed by atoms with Gasteiger partial charge in [-0.2, -0.15) is 0 Å². The zero-order chi connectivity index (χ0) is 12.6. The topological polar surface area (TPSA) is 34.4 Å². The van der Waals surface area contributed by atoms with Crippen molar-refractivity contribution < 1.29 is 9.15 Å². The van der Waals surface area contributed by atoms with Crippen LogP contribution in [0.3, 0.4) is 0 Å². The molecule has 0 spiro atoms. The minimum absolute atomic E-state index is 0.123. The summed E-state index contributed by atoms with van der Waals surface area (Å²) in [5.74, 6) is 1.44. The summed E-state index contributed by atoms with van der Waals surface area (Å²) in [5, 5.41) is 3.20. The second-order valence-electron chi connectivity index (χ2n) is 5.14. The third-order valence-electron chi connectivity index (χ3n) is 3.26. The lowest BCUT2D eigenvalue weighted by molar-refractivity contribution is 0.0139. The van der Waals surface area contributed by atoms with E-state index in [1.165, 1.54) is 5.56 Å². The lowest BCUT2D eigenvalue weighted by Crippen LogP contribution is -2.60. The van der Waals surface area contributed by atoms with Crippen LogP contribution in [0, 0.1) is 6.92 Å². The molecule has 2 heterocycles. The summed E-state index contributed by atoms with van der Waals surface area (Å²) in [5.41, 5.74) is 2.20. The molecule has 0 bridgehead atoms. The van der Waals surface area contributed by atoms with E-state index < -0.39 is 0 Å². The summed E-state index contributed by atoms with van der Waals surface area (Å²) >= 11 is 0. The molecule has 1 aromatic heterocycles. The summed E-state index contributed by atoms with van der Waals surface area (Å²) in [6, 6.07) is 12.1. The van der Waals surface area contributed by atoms with Crippen molar-refractivity contribution in [3.05, 3.63) is 42.0 Å². The van der Waals surface area contributed by atoms with Gasteiger partial charge in [0.2, 0.25) is 0 Å². The van der Waals surface area contributed by atoms with Crippen LogP contribution in [0.25, 0.3) is 11.3 Å². The van der Waals surface area contributed by atoms with Crippen LogP contribution in [0.1, 0.15) is 12.5 Å². The lowest BCUT2D eigenvalue weighted by atomic mass is 10.0. The van der Waals surface area contributed by atoms with Crippen LogP contribution in [0.4, 0.5) is 0 Å². The molecule has 2 aromatic rings. The first-order valence-corrected chi connectivity index (χ1v) is 6.21. The van der Waals surface area contributed by atoms with E-state index in [-0.39, 0.29) is 5.60 Å². The molecule has 0 unspecified atom stereocenters. The molecular formula is C15H17NO2. The summed E-state index contributed by atoms with van der Waals surface area (Å²) in [6.45, 7) is 5.89. The van der Waals surface area contributed by atoms with E-state index in [1.807, 2.05) is 12.1 Å². The molecular weight excluding hydrogens is 226 g/mol. The Kier molecular flexibility index (Phi) is 2.63. The van der Waals surface area contributed by atoms with Gasteiger partial charge in [0.1, 0.15) is 11.4 Å². The quantitative estimate of drug-likeness (QED) is 0.900. The Bertz CT molecular complexity index is 538. The molecule has 1 fully saturated rings. The van der Waals surface area contributed by atoms with Gasteiger partial charge < -0.3 is 14.5 Å². The van der Waals surface area contributed by atoms with Crippen molar-refractivity contribution in [2.45, 2.75) is 19.4 Å². The standard InChI is InChI=1S/C15H17NO2/c1-11-3-5-12(6-4-11)13-7-8-14(17-13)18-15(2)9-16-10-15/h3-8,16H,9-10H2,1-2H3. The first-order valence-electron chi connectivity index (χ1n) is 6.21. The van der Waals surface area contributed by atoms with Gasteiger partial charge >= 0.3 is 0 Å². The maximum Gasteiger partial charge on any atom is 0.285 e. The predicted molar refractivity (Wildman–Crippen MR) is 70.8 cm³/mol. The van der Waals surface area contributed by atoms with Gasteiger partial charge in [-0.3, -0.25) is 0 Å². The zero-order valence-corrected chi connectivity index (χ0v) is 10.7. The third kappa shape index (κ3) is 2.14. The molecule has 0 atom stereocenters. The number of aryl methyl sites for hydroxylation is 1. The first kappa shape index (κ1) is 11.4. The van der Waals surface area contributed by atoms with Crippen LogP contribution >= 0.6 is 0 Å². The van der Waals surface area contributed by atoms with Crippen molar-refractivity contribution in [2.75, 3.05) is 13.1 Å². The normalized spacial score (nSPS) is 17.2. The van der Waals surface area contributed by atoms with E-state index in [4.69, 9.17) is 9.15 Å². The average molecular weight is 243 g/mol. The number of hydrogen-bond acceptors (Lipinski definition) is 3. The molecule has 3 nitrogen and oxygen atoms in total. The second-order valence-corrected chi connectivity index (χ2v) is 5.14. The molecule has 0 radical (unpaired) electrons. The summed E-state index contributed by atoms with van der Waals surface area (Å²) in [4.78, 5) is 0. The molecule has 0 saturated carbocycles. The largest absolute Gasteiger partial charge is 0.456 e. The Hall–Kier alpha value is -1.74. The van der Waals surface area contributed by atoms with Crippen LogP contribution < -0.4 is 10.1 Å². The predicted octanol–water partition coefficient (Wildman–Crippen LogP) is 3.00. The van der Waals surface area contributed by atoms with Crippen LogP contribution in [0.2, 0.25) is 0 Å². The van der Waals surface area contributed by atoms with Gasteiger partial charge in [0.25, 0.3) is 5.95 Å². The highest BCUT2D eigenvalue weighted by Crippen LogP contribution is 2.29. The summed E-state index contributed by atoms with van der Waals surface area (Å²) in [7, 11) is 0. The minimum Gasteiger partial charge on any atom is -0.456 e. The van der Waals surface area contributed by atoms with Gasteiger partial charge in [-0.05, 0) is 19.9 Å². The van der Waals surface area contributed by atoms with E-state index in [9.17, 15) is 0 Å². The Labute approximate surface area is 107 Å². The molecule has 3 heteroatoms. The minimum atomic E-state index is -0.123. The average Bonchev–Trinajstić information content (AvgIpc) is 2.76. The van der Waals surface area contributed by atoms with Crippen molar-refractivity contribution in [1.29, 1.82) is 0 Å². The number of furan rings is 1. The number of ether oxygens (including phenoxy) is 1. The van der Waals surface area contributed by atoms with Gasteiger partial charge in [0.05, 0.1) is 0 Å². The first-order chi connectivity index (χ1) is 8.65. The molecule has 1 aromatic carbocycles. The SMILES string of the molecule is Cc1ccc(-c2ccc(OC3(C)CNC3)o2)cc1. The van der Waals surface area contributed by atoms with Gasteiger partial charge in [-0.1, -0.05) is 29.8 Å². The summed E-state index contributed by atoms with van der Waals surface area (Å²) in [6.07, 6.45) is 0. The second kappa shape index (κ2) is 4.18. The van der Waals surface area contributed by atoms with Crippen molar-refractivity contribution in [3.63, 3.8) is 0 Å². The maximum atomic E-state index is 5.83. The van der Waals surface area contributed by atoms with Gasteiger partial charge in [0, 0.05) is 24.7 Å². The molecule has 1 aliphatic heterocycles. The van der Waals surface area contributed by atoms with E-state index in [2.05, 4.69) is 43.4 Å². The van der Waals surface area contributed by atoms with E-state index in [1.54, 1.807) is 0 Å². The van der Waals surface area contributed by atoms with Crippen molar-refractivity contribution in [3.8, 4) is 17.3 Å². The molecule has 18 heavy (non-hydrogen) atoms.